The molecular weight excluding hydrogens is 370 g/mol. The molecule has 2 rings (SSSR count). The van der Waals surface area contributed by atoms with Gasteiger partial charge in [-0.2, -0.15) is 0 Å². The van der Waals surface area contributed by atoms with E-state index >= 15 is 0 Å². The van der Waals surface area contributed by atoms with Crippen molar-refractivity contribution < 1.29 is 22.8 Å². The maximum atomic E-state index is 12.0. The Morgan fingerprint density at radius 2 is 1.11 bits per heavy atom. The molecule has 0 aliphatic carbocycles. The van der Waals surface area contributed by atoms with E-state index in [0.29, 0.717) is 17.1 Å². The van der Waals surface area contributed by atoms with Crippen molar-refractivity contribution in [3.05, 3.63) is 54.6 Å². The minimum absolute atomic E-state index is 0.230. The molecule has 0 saturated heterocycles. The minimum atomic E-state index is -3.93. The van der Waals surface area contributed by atoms with Gasteiger partial charge in [-0.25, -0.2) is 8.42 Å². The topological polar surface area (TPSA) is 121 Å². The van der Waals surface area contributed by atoms with E-state index in [9.17, 15) is 22.8 Å². The van der Waals surface area contributed by atoms with Gasteiger partial charge in [0.1, 0.15) is 11.5 Å². The zero-order valence-corrected chi connectivity index (χ0v) is 15.4. The number of hydrogen-bond acceptors (Lipinski definition) is 5. The number of hydrogen-bond donors (Lipinski definition) is 3. The van der Waals surface area contributed by atoms with Crippen LogP contribution in [0.25, 0.3) is 0 Å². The molecule has 2 aromatic rings. The summed E-state index contributed by atoms with van der Waals surface area (Å²) >= 11 is 0. The Kier molecular flexibility index (Phi) is 6.67. The Bertz CT molecular complexity index is 925. The highest BCUT2D eigenvalue weighted by Gasteiger charge is 2.21. The van der Waals surface area contributed by atoms with Crippen molar-refractivity contribution >= 4 is 44.6 Å². The third kappa shape index (κ3) is 7.28. The largest absolute Gasteiger partial charge is 0.326 e. The average molecular weight is 389 g/mol. The van der Waals surface area contributed by atoms with Crippen molar-refractivity contribution in [2.45, 2.75) is 6.92 Å². The third-order valence-corrected chi connectivity index (χ3v) is 4.65. The summed E-state index contributed by atoms with van der Waals surface area (Å²) in [5.41, 5.74) is 1.39. The molecule has 9 heteroatoms. The van der Waals surface area contributed by atoms with Crippen molar-refractivity contribution in [2.75, 3.05) is 27.5 Å². The van der Waals surface area contributed by atoms with Gasteiger partial charge in [-0.05, 0) is 36.4 Å². The summed E-state index contributed by atoms with van der Waals surface area (Å²) in [4.78, 5) is 34.7. The highest BCUT2D eigenvalue weighted by Crippen LogP contribution is 2.13. The predicted molar refractivity (Wildman–Crippen MR) is 103 cm³/mol. The molecule has 0 heterocycles. The standard InChI is InChI=1S/C18H19N3O5S/c1-13(22)19-15-7-9-16(10-8-15)21-18(24)12-27(25,26)11-17(23)20-14-5-3-2-4-6-14/h2-10H,11-12H2,1H3,(H,19,22)(H,20,23)(H,21,24). The Morgan fingerprint density at radius 1 is 0.704 bits per heavy atom. The molecule has 0 aromatic heterocycles. The van der Waals surface area contributed by atoms with Crippen LogP contribution in [0.2, 0.25) is 0 Å². The van der Waals surface area contributed by atoms with Crippen LogP contribution in [-0.4, -0.2) is 37.6 Å². The fourth-order valence-corrected chi connectivity index (χ4v) is 3.25. The number of sulfone groups is 1. The van der Waals surface area contributed by atoms with Gasteiger partial charge in [0, 0.05) is 24.0 Å². The molecule has 0 unspecified atom stereocenters. The number of para-hydroxylation sites is 1. The second-order valence-electron chi connectivity index (χ2n) is 5.75. The summed E-state index contributed by atoms with van der Waals surface area (Å²) in [5, 5.41) is 7.47. The van der Waals surface area contributed by atoms with Crippen LogP contribution in [0.5, 0.6) is 0 Å². The monoisotopic (exact) mass is 389 g/mol. The van der Waals surface area contributed by atoms with Gasteiger partial charge in [-0.15, -0.1) is 0 Å². The molecule has 0 atom stereocenters. The molecule has 142 valence electrons. The molecule has 0 aliphatic heterocycles. The fourth-order valence-electron chi connectivity index (χ4n) is 2.21. The summed E-state index contributed by atoms with van der Waals surface area (Å²) < 4.78 is 24.1. The SMILES string of the molecule is CC(=O)Nc1ccc(NC(=O)CS(=O)(=O)CC(=O)Nc2ccccc2)cc1. The summed E-state index contributed by atoms with van der Waals surface area (Å²) in [6, 6.07) is 14.6. The summed E-state index contributed by atoms with van der Waals surface area (Å²) in [7, 11) is -3.93. The van der Waals surface area contributed by atoms with Crippen LogP contribution in [0.4, 0.5) is 17.1 Å². The normalized spacial score (nSPS) is 10.7. The van der Waals surface area contributed by atoms with Crippen LogP contribution in [0.1, 0.15) is 6.92 Å². The van der Waals surface area contributed by atoms with Crippen molar-refractivity contribution in [3.8, 4) is 0 Å². The van der Waals surface area contributed by atoms with Gasteiger partial charge in [-0.3, -0.25) is 14.4 Å². The second kappa shape index (κ2) is 8.95. The van der Waals surface area contributed by atoms with E-state index in [0.717, 1.165) is 0 Å². The number of amides is 3. The van der Waals surface area contributed by atoms with Crippen LogP contribution in [0, 0.1) is 0 Å². The molecule has 0 radical (unpaired) electrons. The quantitative estimate of drug-likeness (QED) is 0.665. The van der Waals surface area contributed by atoms with Gasteiger partial charge in [0.15, 0.2) is 9.84 Å². The second-order valence-corrected chi connectivity index (χ2v) is 7.82. The van der Waals surface area contributed by atoms with E-state index in [1.165, 1.54) is 19.1 Å². The zero-order chi connectivity index (χ0) is 19.9. The van der Waals surface area contributed by atoms with Crippen molar-refractivity contribution in [3.63, 3.8) is 0 Å². The number of nitrogens with one attached hydrogen (secondary N) is 3. The van der Waals surface area contributed by atoms with E-state index in [1.54, 1.807) is 42.5 Å². The highest BCUT2D eigenvalue weighted by molar-refractivity contribution is 7.92. The van der Waals surface area contributed by atoms with Crippen molar-refractivity contribution in [1.29, 1.82) is 0 Å². The molecule has 2 aromatic carbocycles. The van der Waals surface area contributed by atoms with Gasteiger partial charge in [0.05, 0.1) is 0 Å². The first kappa shape index (κ1) is 20.1. The van der Waals surface area contributed by atoms with Gasteiger partial charge in [-0.1, -0.05) is 18.2 Å². The van der Waals surface area contributed by atoms with E-state index in [4.69, 9.17) is 0 Å². The van der Waals surface area contributed by atoms with Crippen molar-refractivity contribution in [2.24, 2.45) is 0 Å². The Balaban J connectivity index is 1.88. The lowest BCUT2D eigenvalue weighted by Gasteiger charge is -2.08. The van der Waals surface area contributed by atoms with Crippen LogP contribution in [0.3, 0.4) is 0 Å². The maximum Gasteiger partial charge on any atom is 0.239 e. The first-order chi connectivity index (χ1) is 12.7. The van der Waals surface area contributed by atoms with Crippen LogP contribution in [-0.2, 0) is 24.2 Å². The molecule has 0 bridgehead atoms. The molecule has 0 saturated carbocycles. The lowest BCUT2D eigenvalue weighted by molar-refractivity contribution is -0.115. The third-order valence-electron chi connectivity index (χ3n) is 3.25. The van der Waals surface area contributed by atoms with Crippen LogP contribution >= 0.6 is 0 Å². The van der Waals surface area contributed by atoms with E-state index in [2.05, 4.69) is 16.0 Å². The number of carbonyl (C=O) groups excluding carboxylic acids is 3. The average Bonchev–Trinajstić information content (AvgIpc) is 2.55. The summed E-state index contributed by atoms with van der Waals surface area (Å²) in [6.45, 7) is 1.37. The minimum Gasteiger partial charge on any atom is -0.326 e. The molecule has 0 fully saturated rings. The van der Waals surface area contributed by atoms with Crippen LogP contribution < -0.4 is 16.0 Å². The first-order valence-electron chi connectivity index (χ1n) is 7.96. The molecule has 8 nitrogen and oxygen atoms in total. The highest BCUT2D eigenvalue weighted by atomic mass is 32.2. The van der Waals surface area contributed by atoms with E-state index < -0.39 is 33.2 Å². The van der Waals surface area contributed by atoms with Crippen LogP contribution in [0.15, 0.2) is 54.6 Å². The van der Waals surface area contributed by atoms with Crippen molar-refractivity contribution in [1.82, 2.24) is 0 Å². The number of anilines is 3. The van der Waals surface area contributed by atoms with Gasteiger partial charge < -0.3 is 16.0 Å². The Hall–Kier alpha value is -3.20. The fraction of sp³-hybridized carbons (Fsp3) is 0.167. The smallest absolute Gasteiger partial charge is 0.239 e. The Labute approximate surface area is 156 Å². The number of rotatable bonds is 7. The molecule has 27 heavy (non-hydrogen) atoms. The molecule has 0 spiro atoms. The number of benzene rings is 2. The molecule has 0 aliphatic rings. The first-order valence-corrected chi connectivity index (χ1v) is 9.78. The summed E-state index contributed by atoms with van der Waals surface area (Å²) in [6.07, 6.45) is 0. The Morgan fingerprint density at radius 3 is 1.56 bits per heavy atom. The van der Waals surface area contributed by atoms with E-state index in [1.807, 2.05) is 0 Å². The summed E-state index contributed by atoms with van der Waals surface area (Å²) in [5.74, 6) is -3.31. The van der Waals surface area contributed by atoms with Gasteiger partial charge in [0.2, 0.25) is 17.7 Å². The molecule has 3 amide bonds. The molecular formula is C18H19N3O5S. The lowest BCUT2D eigenvalue weighted by Crippen LogP contribution is -2.30. The molecule has 3 N–H and O–H groups in total. The van der Waals surface area contributed by atoms with E-state index in [-0.39, 0.29) is 5.91 Å². The maximum absolute atomic E-state index is 12.0. The zero-order valence-electron chi connectivity index (χ0n) is 14.6. The lowest BCUT2D eigenvalue weighted by atomic mass is 10.3. The van der Waals surface area contributed by atoms with Gasteiger partial charge >= 0.3 is 0 Å². The predicted octanol–water partition coefficient (Wildman–Crippen LogP) is 1.64. The van der Waals surface area contributed by atoms with Gasteiger partial charge in [0.25, 0.3) is 0 Å². The number of carbonyl (C=O) groups is 3.